The Bertz CT molecular complexity index is 2910. The Morgan fingerprint density at radius 1 is 1.00 bits per heavy atom. The number of nitrogens with zero attached hydrogens (tertiary/aromatic N) is 1. The van der Waals surface area contributed by atoms with Crippen molar-refractivity contribution >= 4 is 62.0 Å². The predicted molar refractivity (Wildman–Crippen MR) is 247 cm³/mol. The van der Waals surface area contributed by atoms with Crippen molar-refractivity contribution in [2.45, 2.75) is 98.1 Å². The molecule has 12 atom stereocenters. The highest BCUT2D eigenvalue weighted by molar-refractivity contribution is 6.16. The lowest BCUT2D eigenvalue weighted by atomic mass is 9.78. The average Bonchev–Trinajstić information content (AvgIpc) is 3.88. The van der Waals surface area contributed by atoms with Gasteiger partial charge in [-0.2, -0.15) is 0 Å². The van der Waals surface area contributed by atoms with Gasteiger partial charge in [-0.1, -0.05) is 45.9 Å². The third-order valence-corrected chi connectivity index (χ3v) is 14.1. The summed E-state index contributed by atoms with van der Waals surface area (Å²) in [4.78, 5) is 59.8. The van der Waals surface area contributed by atoms with E-state index in [2.05, 4.69) is 16.0 Å². The summed E-state index contributed by atoms with van der Waals surface area (Å²) in [5, 5.41) is 56.0. The second kappa shape index (κ2) is 17.7. The number of carbonyl (C=O) groups excluding carboxylic acids is 2. The first-order chi connectivity index (χ1) is 31.3. The zero-order valence-electron chi connectivity index (χ0n) is 38.4. The second-order valence-corrected chi connectivity index (χ2v) is 18.6. The Kier molecular flexibility index (Phi) is 12.4. The summed E-state index contributed by atoms with van der Waals surface area (Å²) in [7, 11) is 1.44. The predicted octanol–water partition coefficient (Wildman–Crippen LogP) is 4.58. The van der Waals surface area contributed by atoms with Crippen LogP contribution in [0.15, 0.2) is 62.3 Å². The van der Waals surface area contributed by atoms with E-state index in [9.17, 15) is 39.6 Å². The molecule has 4 aromatic rings. The van der Waals surface area contributed by atoms with E-state index in [0.717, 1.165) is 13.0 Å². The van der Waals surface area contributed by atoms with Gasteiger partial charge in [0.15, 0.2) is 22.4 Å². The zero-order valence-corrected chi connectivity index (χ0v) is 38.4. The van der Waals surface area contributed by atoms with Gasteiger partial charge in [0.25, 0.3) is 5.91 Å². The first-order valence-electron chi connectivity index (χ1n) is 22.4. The van der Waals surface area contributed by atoms with Crippen molar-refractivity contribution in [1.82, 2.24) is 10.3 Å². The summed E-state index contributed by atoms with van der Waals surface area (Å²) in [6, 6.07) is 3.24. The van der Waals surface area contributed by atoms with Crippen molar-refractivity contribution in [3.63, 3.8) is 0 Å². The van der Waals surface area contributed by atoms with E-state index >= 15 is 0 Å². The number of rotatable bonds is 5. The van der Waals surface area contributed by atoms with Crippen LogP contribution in [0.1, 0.15) is 60.5 Å². The van der Waals surface area contributed by atoms with E-state index in [1.54, 1.807) is 45.9 Å². The number of methoxy groups -OCH3 is 1. The number of allylic oxidation sites excluding steroid dienone is 2. The molecule has 1 aromatic heterocycles. The van der Waals surface area contributed by atoms with Gasteiger partial charge in [0.05, 0.1) is 35.2 Å². The normalized spacial score (nSPS) is 33.2. The van der Waals surface area contributed by atoms with E-state index < -0.39 is 88.1 Å². The van der Waals surface area contributed by atoms with Gasteiger partial charge in [-0.05, 0) is 44.7 Å². The third kappa shape index (κ3) is 8.15. The van der Waals surface area contributed by atoms with Crippen LogP contribution in [0.4, 0.5) is 11.4 Å². The minimum absolute atomic E-state index is 0.00803. The number of ether oxygens (including phenoxy) is 4. The van der Waals surface area contributed by atoms with Crippen LogP contribution in [0.3, 0.4) is 0 Å². The number of hydrogen-bond donors (Lipinski definition) is 7. The largest absolute Gasteiger partial charge is 0.507 e. The molecule has 2 fully saturated rings. The van der Waals surface area contributed by atoms with Gasteiger partial charge in [0.1, 0.15) is 28.8 Å². The van der Waals surface area contributed by atoms with Crippen molar-refractivity contribution in [3.8, 4) is 11.5 Å². The topological polar surface area (TPSA) is 248 Å². The number of piperidine rings is 1. The van der Waals surface area contributed by atoms with Crippen LogP contribution in [-0.2, 0) is 23.8 Å². The minimum Gasteiger partial charge on any atom is -0.507 e. The van der Waals surface area contributed by atoms with E-state index in [1.807, 2.05) is 0 Å². The lowest BCUT2D eigenvalue weighted by Crippen LogP contribution is -2.46. The molecule has 1 amide bonds. The van der Waals surface area contributed by atoms with Gasteiger partial charge in [-0.25, -0.2) is 4.98 Å². The van der Waals surface area contributed by atoms with Crippen molar-refractivity contribution in [2.24, 2.45) is 35.5 Å². The highest BCUT2D eigenvalue weighted by Gasteiger charge is 2.48. The van der Waals surface area contributed by atoms with Gasteiger partial charge in [0, 0.05) is 91.6 Å². The first-order valence-corrected chi connectivity index (χ1v) is 22.4. The molecule has 0 radical (unpaired) electrons. The minimum atomic E-state index is -1.98. The zero-order chi connectivity index (χ0) is 47.7. The second-order valence-electron chi connectivity index (χ2n) is 18.6. The Balaban J connectivity index is 1.33. The number of phenolic OH excluding ortho intramolecular Hbond substituents is 1. The number of aliphatic hydroxyl groups excluding tert-OH is 3. The molecule has 4 aliphatic rings. The van der Waals surface area contributed by atoms with Crippen molar-refractivity contribution in [3.05, 3.63) is 79.5 Å². The van der Waals surface area contributed by atoms with Crippen molar-refractivity contribution in [1.29, 1.82) is 0 Å². The molecular weight excluding hydrogens is 853 g/mol. The number of hydrogen-bond acceptors (Lipinski definition) is 16. The van der Waals surface area contributed by atoms with Crippen LogP contribution in [0.25, 0.3) is 38.7 Å². The number of aromatic hydroxyl groups is 1. The standard InChI is InChI=1S/C49H58N4O13/c1-20-11-10-12-21(2)48(61)53-39-43(59)35-34(38-46(39)65-33-17-28(16-31(55)37(33)52-38)50-19-30-29-15-27(29)18-51-30)36-45(25(6)42(35)58)66-49(8,47(36)60)63-14-13-32(62-9)22(3)44(64-26(7)54)24(5)41(57)23(4)40(20)56/h10-14,16-17,20,22-24,27,29-30,32,40-41,44,50-51,56-58,60H,15,18-19H2,1-9H3,(H,53,61)/b11-10+,14-13+,21-12-/t20?,22-,23-,24-,27?,29?,30?,32+,40+,41-,44-,49?/m1/s1. The maximum Gasteiger partial charge on any atom is 0.307 e. The molecule has 17 heteroatoms. The fraction of sp³-hybridized carbons (Fsp3) is 0.490. The number of aromatic nitrogens is 1. The average molecular weight is 911 g/mol. The molecule has 1 saturated carbocycles. The van der Waals surface area contributed by atoms with Gasteiger partial charge in [0.2, 0.25) is 10.9 Å². The van der Waals surface area contributed by atoms with Crippen molar-refractivity contribution < 1.29 is 53.4 Å². The molecule has 8 rings (SSSR count). The molecule has 0 spiro atoms. The summed E-state index contributed by atoms with van der Waals surface area (Å²) in [5.74, 6) is -5.69. The Labute approximate surface area is 380 Å². The molecule has 3 aliphatic heterocycles. The number of amides is 1. The van der Waals surface area contributed by atoms with Crippen LogP contribution in [0, 0.1) is 42.4 Å². The van der Waals surface area contributed by atoms with Crippen LogP contribution < -0.4 is 36.8 Å². The summed E-state index contributed by atoms with van der Waals surface area (Å²) in [5.41, 5.74) is -1.61. The fourth-order valence-electron chi connectivity index (χ4n) is 9.90. The summed E-state index contributed by atoms with van der Waals surface area (Å²) < 4.78 is 30.4. The van der Waals surface area contributed by atoms with E-state index in [1.165, 1.54) is 59.3 Å². The highest BCUT2D eigenvalue weighted by atomic mass is 16.7. The summed E-state index contributed by atoms with van der Waals surface area (Å²) in [6.45, 7) is 14.1. The molecule has 66 heavy (non-hydrogen) atoms. The molecule has 4 bridgehead atoms. The summed E-state index contributed by atoms with van der Waals surface area (Å²) in [6.07, 6.45) is 4.71. The number of anilines is 2. The Morgan fingerprint density at radius 3 is 2.41 bits per heavy atom. The lowest BCUT2D eigenvalue weighted by molar-refractivity contribution is -0.160. The molecule has 4 heterocycles. The smallest absolute Gasteiger partial charge is 0.307 e. The van der Waals surface area contributed by atoms with Gasteiger partial charge in [-0.15, -0.1) is 0 Å². The fourth-order valence-corrected chi connectivity index (χ4v) is 9.90. The number of phenols is 1. The maximum absolute atomic E-state index is 14.8. The van der Waals surface area contributed by atoms with Crippen LogP contribution in [0.5, 0.6) is 11.5 Å². The lowest BCUT2D eigenvalue weighted by Gasteiger charge is -2.38. The van der Waals surface area contributed by atoms with Gasteiger partial charge >= 0.3 is 11.8 Å². The Hall–Kier alpha value is -6.01. The van der Waals surface area contributed by atoms with Gasteiger partial charge < -0.3 is 59.7 Å². The maximum atomic E-state index is 14.8. The van der Waals surface area contributed by atoms with Crippen LogP contribution in [0.2, 0.25) is 0 Å². The van der Waals surface area contributed by atoms with E-state index in [0.29, 0.717) is 24.1 Å². The molecule has 7 N–H and O–H groups in total. The molecule has 5 unspecified atom stereocenters. The summed E-state index contributed by atoms with van der Waals surface area (Å²) >= 11 is 0. The number of nitrogens with one attached hydrogen (secondary N) is 3. The third-order valence-electron chi connectivity index (χ3n) is 14.1. The quantitative estimate of drug-likeness (QED) is 0.0823. The molecule has 1 saturated heterocycles. The first kappa shape index (κ1) is 46.5. The molecule has 17 nitrogen and oxygen atoms in total. The monoisotopic (exact) mass is 910 g/mol. The van der Waals surface area contributed by atoms with Crippen molar-refractivity contribution in [2.75, 3.05) is 30.8 Å². The van der Waals surface area contributed by atoms with Crippen LogP contribution in [-0.4, -0.2) is 93.7 Å². The van der Waals surface area contributed by atoms with Crippen LogP contribution >= 0.6 is 0 Å². The Morgan fingerprint density at radius 2 is 1.74 bits per heavy atom. The molecule has 3 aromatic carbocycles. The van der Waals surface area contributed by atoms with E-state index in [4.69, 9.17) is 28.3 Å². The number of benzene rings is 3. The van der Waals surface area contributed by atoms with Gasteiger partial charge in [-0.3, -0.25) is 19.2 Å². The highest BCUT2D eigenvalue weighted by Crippen LogP contribution is 2.45. The molecule has 352 valence electrons. The number of carbonyl (C=O) groups is 2. The number of esters is 1. The molecule has 1 aliphatic carbocycles. The number of aliphatic hydroxyl groups is 3. The SMILES string of the molecule is CO[C@H]1/C=C/OC2(C)Oc3c(C)c(O)c4c(=O)c(c5oc6cc(NCC7NCC8CC87)cc(=O)c6nc5c4c3=C2O)NC(=O)/C(C)=C\C=C\C(C)[C@H](O)[C@@H](C)[C@@H](O)[C@@H](C)[C@H](OC(C)=O)[C@@H]1C. The molecular formula is C49H58N4O13. The number of fused-ring (bicyclic) bond motifs is 3. The van der Waals surface area contributed by atoms with E-state index in [-0.39, 0.29) is 66.8 Å².